The van der Waals surface area contributed by atoms with Crippen molar-refractivity contribution in [3.63, 3.8) is 0 Å². The largest absolute Gasteiger partial charge is 0.507 e. The summed E-state index contributed by atoms with van der Waals surface area (Å²) >= 11 is 0. The van der Waals surface area contributed by atoms with Gasteiger partial charge in [0, 0.05) is 24.5 Å². The summed E-state index contributed by atoms with van der Waals surface area (Å²) in [5.74, 6) is -0.681. The number of methoxy groups -OCH3 is 1. The van der Waals surface area contributed by atoms with Crippen LogP contribution in [0.3, 0.4) is 0 Å². The highest BCUT2D eigenvalue weighted by Gasteiger charge is 2.46. The number of ether oxygens (including phenoxy) is 1. The summed E-state index contributed by atoms with van der Waals surface area (Å²) in [7, 11) is 1.60. The van der Waals surface area contributed by atoms with Gasteiger partial charge in [-0.3, -0.25) is 14.6 Å². The first-order chi connectivity index (χ1) is 16.3. The van der Waals surface area contributed by atoms with Gasteiger partial charge in [0.1, 0.15) is 11.5 Å². The molecule has 6 nitrogen and oxygen atoms in total. The number of ketones is 1. The van der Waals surface area contributed by atoms with Crippen LogP contribution >= 0.6 is 0 Å². The quantitative estimate of drug-likeness (QED) is 0.315. The van der Waals surface area contributed by atoms with Gasteiger partial charge in [-0.15, -0.1) is 0 Å². The summed E-state index contributed by atoms with van der Waals surface area (Å²) in [5, 5.41) is 11.4. The van der Waals surface area contributed by atoms with E-state index in [4.69, 9.17) is 4.74 Å². The normalized spacial score (nSPS) is 17.4. The number of carbonyl (C=O) groups excluding carboxylic acids is 2. The van der Waals surface area contributed by atoms with Crippen LogP contribution in [0.15, 0.2) is 72.6 Å². The molecule has 1 atom stereocenters. The molecule has 0 bridgehead atoms. The smallest absolute Gasteiger partial charge is 0.295 e. The van der Waals surface area contributed by atoms with Crippen molar-refractivity contribution in [1.82, 2.24) is 9.88 Å². The Morgan fingerprint density at radius 2 is 1.88 bits per heavy atom. The summed E-state index contributed by atoms with van der Waals surface area (Å²) in [6.07, 6.45) is 3.33. The zero-order valence-corrected chi connectivity index (χ0v) is 19.8. The second-order valence-electron chi connectivity index (χ2n) is 8.76. The molecule has 0 radical (unpaired) electrons. The van der Waals surface area contributed by atoms with E-state index in [1.54, 1.807) is 37.7 Å². The van der Waals surface area contributed by atoms with Crippen LogP contribution in [0.2, 0.25) is 0 Å². The van der Waals surface area contributed by atoms with Gasteiger partial charge in [-0.25, -0.2) is 0 Å². The predicted octanol–water partition coefficient (Wildman–Crippen LogP) is 5.14. The highest BCUT2D eigenvalue weighted by molar-refractivity contribution is 6.46. The average molecular weight is 457 g/mol. The van der Waals surface area contributed by atoms with E-state index in [1.807, 2.05) is 57.2 Å². The van der Waals surface area contributed by atoms with E-state index < -0.39 is 17.7 Å². The molecule has 1 fully saturated rings. The highest BCUT2D eigenvalue weighted by atomic mass is 16.5. The van der Waals surface area contributed by atoms with Crippen molar-refractivity contribution < 1.29 is 19.4 Å². The van der Waals surface area contributed by atoms with Gasteiger partial charge in [-0.05, 0) is 59.4 Å². The van der Waals surface area contributed by atoms with Crippen molar-refractivity contribution in [2.75, 3.05) is 7.11 Å². The van der Waals surface area contributed by atoms with E-state index >= 15 is 0 Å². The lowest BCUT2D eigenvalue weighted by Crippen LogP contribution is -2.29. The first-order valence-corrected chi connectivity index (χ1v) is 11.2. The molecule has 0 saturated carbocycles. The molecule has 1 aromatic heterocycles. The van der Waals surface area contributed by atoms with Crippen LogP contribution in [0.1, 0.15) is 53.6 Å². The van der Waals surface area contributed by atoms with Gasteiger partial charge in [-0.2, -0.15) is 0 Å². The molecule has 34 heavy (non-hydrogen) atoms. The monoisotopic (exact) mass is 456 g/mol. The van der Waals surface area contributed by atoms with Gasteiger partial charge in [0.25, 0.3) is 11.7 Å². The van der Waals surface area contributed by atoms with Crippen LogP contribution in [0.25, 0.3) is 5.76 Å². The Morgan fingerprint density at radius 3 is 2.53 bits per heavy atom. The van der Waals surface area contributed by atoms with Gasteiger partial charge < -0.3 is 14.7 Å². The fourth-order valence-electron chi connectivity index (χ4n) is 4.44. The Bertz CT molecular complexity index is 1260. The number of pyridine rings is 1. The SMILES string of the molecule is COc1ccc(/C(O)=C2\C(=O)C(=O)N(Cc3cccnc3)C2c2ccccc2C)cc1C(C)C. The molecule has 3 aromatic rings. The minimum absolute atomic E-state index is 0.0862. The van der Waals surface area contributed by atoms with Gasteiger partial charge in [-0.1, -0.05) is 44.2 Å². The van der Waals surface area contributed by atoms with Crippen molar-refractivity contribution in [2.45, 2.75) is 39.3 Å². The number of hydrogen-bond donors (Lipinski definition) is 1. The number of carbonyl (C=O) groups is 2. The van der Waals surface area contributed by atoms with Crippen molar-refractivity contribution in [3.8, 4) is 5.75 Å². The predicted molar refractivity (Wildman–Crippen MR) is 130 cm³/mol. The number of aryl methyl sites for hydroxylation is 1. The summed E-state index contributed by atoms with van der Waals surface area (Å²) < 4.78 is 5.46. The zero-order chi connectivity index (χ0) is 24.4. The third-order valence-corrected chi connectivity index (χ3v) is 6.22. The lowest BCUT2D eigenvalue weighted by Gasteiger charge is -2.26. The van der Waals surface area contributed by atoms with Gasteiger partial charge in [0.2, 0.25) is 0 Å². The molecule has 1 aliphatic heterocycles. The third-order valence-electron chi connectivity index (χ3n) is 6.22. The average Bonchev–Trinajstić information content (AvgIpc) is 3.09. The fourth-order valence-corrected chi connectivity index (χ4v) is 4.44. The second kappa shape index (κ2) is 9.51. The standard InChI is InChI=1S/C28H28N2O4/c1-17(2)22-14-20(11-12-23(22)34-4)26(31)24-25(21-10-6-5-8-18(21)3)30(28(33)27(24)32)16-19-9-7-13-29-15-19/h5-15,17,25,31H,16H2,1-4H3/b26-24+. The van der Waals surface area contributed by atoms with Gasteiger partial charge >= 0.3 is 0 Å². The molecule has 4 rings (SSSR count). The molecule has 2 heterocycles. The first-order valence-electron chi connectivity index (χ1n) is 11.2. The molecule has 6 heteroatoms. The molecule has 1 saturated heterocycles. The molecule has 1 aliphatic rings. The van der Waals surface area contributed by atoms with E-state index in [-0.39, 0.29) is 23.8 Å². The first kappa shape index (κ1) is 23.2. The lowest BCUT2D eigenvalue weighted by atomic mass is 9.91. The Kier molecular flexibility index (Phi) is 6.50. The van der Waals surface area contributed by atoms with Crippen LogP contribution in [-0.4, -0.2) is 33.8 Å². The molecule has 1 unspecified atom stereocenters. The number of likely N-dealkylation sites (tertiary alicyclic amines) is 1. The van der Waals surface area contributed by atoms with Crippen LogP contribution in [0.5, 0.6) is 5.75 Å². The van der Waals surface area contributed by atoms with Crippen LogP contribution < -0.4 is 4.74 Å². The van der Waals surface area contributed by atoms with E-state index in [0.717, 1.165) is 22.3 Å². The molecule has 1 amide bonds. The Balaban J connectivity index is 1.90. The van der Waals surface area contributed by atoms with Crippen molar-refractivity contribution >= 4 is 17.4 Å². The maximum absolute atomic E-state index is 13.3. The van der Waals surface area contributed by atoms with Crippen molar-refractivity contribution in [1.29, 1.82) is 0 Å². The number of hydrogen-bond acceptors (Lipinski definition) is 5. The second-order valence-corrected chi connectivity index (χ2v) is 8.76. The summed E-state index contributed by atoms with van der Waals surface area (Å²) in [6, 6.07) is 15.9. The van der Waals surface area contributed by atoms with Crippen molar-refractivity contribution in [3.05, 3.63) is 100 Å². The van der Waals surface area contributed by atoms with Crippen LogP contribution in [0.4, 0.5) is 0 Å². The molecular weight excluding hydrogens is 428 g/mol. The minimum Gasteiger partial charge on any atom is -0.507 e. The topological polar surface area (TPSA) is 79.7 Å². The number of aliphatic hydroxyl groups is 1. The van der Waals surface area contributed by atoms with Crippen LogP contribution in [-0.2, 0) is 16.1 Å². The fraction of sp³-hybridized carbons (Fsp3) is 0.250. The number of amides is 1. The molecular formula is C28H28N2O4. The number of Topliss-reactive ketones (excluding diaryl/α,β-unsaturated/α-hetero) is 1. The summed E-state index contributed by atoms with van der Waals surface area (Å²) in [4.78, 5) is 32.2. The van der Waals surface area contributed by atoms with Crippen molar-refractivity contribution in [2.24, 2.45) is 0 Å². The number of aromatic nitrogens is 1. The maximum atomic E-state index is 13.3. The third kappa shape index (κ3) is 4.19. The van der Waals surface area contributed by atoms with E-state index in [1.165, 1.54) is 4.90 Å². The number of rotatable bonds is 6. The van der Waals surface area contributed by atoms with Gasteiger partial charge in [0.15, 0.2) is 0 Å². The Morgan fingerprint density at radius 1 is 1.12 bits per heavy atom. The summed E-state index contributed by atoms with van der Waals surface area (Å²) in [5.41, 5.74) is 3.99. The Labute approximate surface area is 199 Å². The maximum Gasteiger partial charge on any atom is 0.295 e. The number of benzene rings is 2. The molecule has 0 spiro atoms. The summed E-state index contributed by atoms with van der Waals surface area (Å²) in [6.45, 7) is 6.20. The van der Waals surface area contributed by atoms with E-state index in [0.29, 0.717) is 11.3 Å². The zero-order valence-electron chi connectivity index (χ0n) is 19.8. The van der Waals surface area contributed by atoms with Crippen LogP contribution in [0, 0.1) is 6.92 Å². The number of nitrogens with zero attached hydrogens (tertiary/aromatic N) is 2. The van der Waals surface area contributed by atoms with E-state index in [9.17, 15) is 14.7 Å². The molecule has 174 valence electrons. The van der Waals surface area contributed by atoms with E-state index in [2.05, 4.69) is 4.98 Å². The number of aliphatic hydroxyl groups excluding tert-OH is 1. The molecule has 0 aliphatic carbocycles. The van der Waals surface area contributed by atoms with Gasteiger partial charge in [0.05, 0.1) is 18.7 Å². The molecule has 2 aromatic carbocycles. The molecule has 1 N–H and O–H groups in total. The highest BCUT2D eigenvalue weighted by Crippen LogP contribution is 2.42. The Hall–Kier alpha value is -3.93. The minimum atomic E-state index is -0.717. The lowest BCUT2D eigenvalue weighted by molar-refractivity contribution is -0.140.